The first-order chi connectivity index (χ1) is 7.70. The maximum Gasteiger partial charge on any atom is 0.0623 e. The fourth-order valence-corrected chi connectivity index (χ4v) is 2.94. The maximum atomic E-state index is 5.56. The molecule has 0 spiro atoms. The van der Waals surface area contributed by atoms with Crippen molar-refractivity contribution >= 4 is 0 Å². The van der Waals surface area contributed by atoms with Crippen LogP contribution in [0.15, 0.2) is 0 Å². The topological polar surface area (TPSA) is 24.5 Å². The van der Waals surface area contributed by atoms with Gasteiger partial charge in [0.25, 0.3) is 0 Å². The molecule has 94 valence electrons. The normalized spacial score (nSPS) is 41.4. The molecule has 0 aromatic rings. The largest absolute Gasteiger partial charge is 0.379 e. The first kappa shape index (κ1) is 12.3. The lowest BCUT2D eigenvalue weighted by molar-refractivity contribution is 0.110. The second kappa shape index (κ2) is 5.48. The summed E-state index contributed by atoms with van der Waals surface area (Å²) in [6.45, 7) is 10.4. The average Bonchev–Trinajstić information content (AvgIpc) is 2.71. The molecular formula is C13H26N2O. The minimum atomic E-state index is 0.564. The second-order valence-electron chi connectivity index (χ2n) is 5.70. The molecule has 3 heteroatoms. The molecule has 0 aromatic carbocycles. The zero-order chi connectivity index (χ0) is 11.5. The van der Waals surface area contributed by atoms with Crippen LogP contribution in [0, 0.1) is 17.8 Å². The monoisotopic (exact) mass is 226 g/mol. The fraction of sp³-hybridized carbons (Fsp3) is 1.00. The molecule has 2 saturated heterocycles. The third-order valence-corrected chi connectivity index (χ3v) is 4.48. The Hall–Kier alpha value is -0.120. The number of ether oxygens (including phenoxy) is 1. The summed E-state index contributed by atoms with van der Waals surface area (Å²) in [6, 6.07) is 0.564. The summed E-state index contributed by atoms with van der Waals surface area (Å²) in [4.78, 5) is 2.63. The third-order valence-electron chi connectivity index (χ3n) is 4.48. The molecular weight excluding hydrogens is 200 g/mol. The predicted octanol–water partition coefficient (Wildman–Crippen LogP) is 1.20. The summed E-state index contributed by atoms with van der Waals surface area (Å²) < 4.78 is 5.56. The first-order valence-corrected chi connectivity index (χ1v) is 6.68. The van der Waals surface area contributed by atoms with Crippen LogP contribution >= 0.6 is 0 Å². The maximum absolute atomic E-state index is 5.56. The van der Waals surface area contributed by atoms with Gasteiger partial charge in [-0.3, -0.25) is 0 Å². The van der Waals surface area contributed by atoms with Gasteiger partial charge in [-0.05, 0) is 31.8 Å². The van der Waals surface area contributed by atoms with E-state index in [-0.39, 0.29) is 0 Å². The van der Waals surface area contributed by atoms with Gasteiger partial charge in [-0.25, -0.2) is 0 Å². The van der Waals surface area contributed by atoms with Crippen LogP contribution in [-0.4, -0.2) is 50.8 Å². The number of piperidine rings is 1. The summed E-state index contributed by atoms with van der Waals surface area (Å²) in [5, 5.41) is 3.37. The molecule has 4 atom stereocenters. The summed E-state index contributed by atoms with van der Waals surface area (Å²) >= 11 is 0. The Labute approximate surface area is 99.5 Å². The van der Waals surface area contributed by atoms with Crippen molar-refractivity contribution in [2.45, 2.75) is 26.3 Å². The quantitative estimate of drug-likeness (QED) is 0.782. The van der Waals surface area contributed by atoms with E-state index in [9.17, 15) is 0 Å². The van der Waals surface area contributed by atoms with Gasteiger partial charge in [0, 0.05) is 25.0 Å². The molecule has 2 heterocycles. The van der Waals surface area contributed by atoms with E-state index in [1.165, 1.54) is 26.1 Å². The van der Waals surface area contributed by atoms with E-state index in [4.69, 9.17) is 4.74 Å². The van der Waals surface area contributed by atoms with Gasteiger partial charge in [0.15, 0.2) is 0 Å². The van der Waals surface area contributed by atoms with Gasteiger partial charge >= 0.3 is 0 Å². The van der Waals surface area contributed by atoms with Gasteiger partial charge in [-0.15, -0.1) is 0 Å². The van der Waals surface area contributed by atoms with Crippen LogP contribution in [-0.2, 0) is 4.74 Å². The van der Waals surface area contributed by atoms with Gasteiger partial charge in [-0.2, -0.15) is 0 Å². The van der Waals surface area contributed by atoms with Crippen molar-refractivity contribution in [1.29, 1.82) is 0 Å². The van der Waals surface area contributed by atoms with E-state index in [2.05, 4.69) is 24.1 Å². The van der Waals surface area contributed by atoms with Crippen LogP contribution in [0.1, 0.15) is 20.3 Å². The highest BCUT2D eigenvalue weighted by Gasteiger charge is 2.30. The van der Waals surface area contributed by atoms with E-state index >= 15 is 0 Å². The second-order valence-corrected chi connectivity index (χ2v) is 5.70. The van der Waals surface area contributed by atoms with Gasteiger partial charge in [-0.1, -0.05) is 13.8 Å². The Morgan fingerprint density at radius 3 is 2.75 bits per heavy atom. The Bertz CT molecular complexity index is 222. The first-order valence-electron chi connectivity index (χ1n) is 6.68. The highest BCUT2D eigenvalue weighted by atomic mass is 16.5. The average molecular weight is 226 g/mol. The van der Waals surface area contributed by atoms with Crippen molar-refractivity contribution in [2.24, 2.45) is 17.8 Å². The summed E-state index contributed by atoms with van der Waals surface area (Å²) in [7, 11) is 2.05. The van der Waals surface area contributed by atoms with E-state index in [1.54, 1.807) is 0 Å². The zero-order valence-corrected chi connectivity index (χ0v) is 10.9. The van der Waals surface area contributed by atoms with Crippen LogP contribution < -0.4 is 5.32 Å². The Kier molecular flexibility index (Phi) is 4.22. The minimum absolute atomic E-state index is 0.564. The molecule has 2 aliphatic heterocycles. The molecule has 2 rings (SSSR count). The number of hydrogen-bond acceptors (Lipinski definition) is 3. The SMILES string of the molecule is CNC1COCC1CN1CCC(C)C(C)C1. The van der Waals surface area contributed by atoms with Crippen LogP contribution in [0.5, 0.6) is 0 Å². The number of nitrogens with one attached hydrogen (secondary N) is 1. The Balaban J connectivity index is 1.81. The molecule has 0 bridgehead atoms. The summed E-state index contributed by atoms with van der Waals surface area (Å²) in [5.41, 5.74) is 0. The summed E-state index contributed by atoms with van der Waals surface area (Å²) in [6.07, 6.45) is 1.36. The van der Waals surface area contributed by atoms with E-state index < -0.39 is 0 Å². The highest BCUT2D eigenvalue weighted by molar-refractivity contribution is 4.85. The Morgan fingerprint density at radius 2 is 2.06 bits per heavy atom. The van der Waals surface area contributed by atoms with Crippen LogP contribution in [0.25, 0.3) is 0 Å². The minimum Gasteiger partial charge on any atom is -0.379 e. The lowest BCUT2D eigenvalue weighted by atomic mass is 9.88. The van der Waals surface area contributed by atoms with E-state index in [0.717, 1.165) is 25.0 Å². The molecule has 0 aromatic heterocycles. The van der Waals surface area contributed by atoms with Crippen LogP contribution in [0.4, 0.5) is 0 Å². The number of hydrogen-bond donors (Lipinski definition) is 1. The number of likely N-dealkylation sites (tertiary alicyclic amines) is 1. The van der Waals surface area contributed by atoms with Crippen molar-refractivity contribution < 1.29 is 4.74 Å². The third kappa shape index (κ3) is 2.76. The smallest absolute Gasteiger partial charge is 0.0623 e. The number of nitrogens with zero attached hydrogens (tertiary/aromatic N) is 1. The van der Waals surface area contributed by atoms with Crippen LogP contribution in [0.2, 0.25) is 0 Å². The molecule has 1 N–H and O–H groups in total. The molecule has 3 nitrogen and oxygen atoms in total. The molecule has 4 unspecified atom stereocenters. The van der Waals surface area contributed by atoms with Crippen LogP contribution in [0.3, 0.4) is 0 Å². The van der Waals surface area contributed by atoms with Crippen molar-refractivity contribution in [1.82, 2.24) is 10.2 Å². The van der Waals surface area contributed by atoms with Crippen molar-refractivity contribution in [3.05, 3.63) is 0 Å². The molecule has 0 amide bonds. The Morgan fingerprint density at radius 1 is 1.25 bits per heavy atom. The van der Waals surface area contributed by atoms with Crippen molar-refractivity contribution in [3.63, 3.8) is 0 Å². The predicted molar refractivity (Wildman–Crippen MR) is 66.5 cm³/mol. The molecule has 0 saturated carbocycles. The summed E-state index contributed by atoms with van der Waals surface area (Å²) in [5.74, 6) is 2.44. The van der Waals surface area contributed by atoms with Crippen molar-refractivity contribution in [3.8, 4) is 0 Å². The van der Waals surface area contributed by atoms with E-state index in [0.29, 0.717) is 12.0 Å². The molecule has 2 fully saturated rings. The highest BCUT2D eigenvalue weighted by Crippen LogP contribution is 2.24. The van der Waals surface area contributed by atoms with Gasteiger partial charge < -0.3 is 15.0 Å². The van der Waals surface area contributed by atoms with Gasteiger partial charge in [0.2, 0.25) is 0 Å². The standard InChI is InChI=1S/C13H26N2O/c1-10-4-5-15(6-11(10)2)7-12-8-16-9-13(12)14-3/h10-14H,4-9H2,1-3H3. The molecule has 0 radical (unpaired) electrons. The fourth-order valence-electron chi connectivity index (χ4n) is 2.94. The van der Waals surface area contributed by atoms with Crippen molar-refractivity contribution in [2.75, 3.05) is 39.9 Å². The lowest BCUT2D eigenvalue weighted by Crippen LogP contribution is -2.45. The van der Waals surface area contributed by atoms with Gasteiger partial charge in [0.1, 0.15) is 0 Å². The molecule has 16 heavy (non-hydrogen) atoms. The molecule has 2 aliphatic rings. The number of likely N-dealkylation sites (N-methyl/N-ethyl adjacent to an activating group) is 1. The lowest BCUT2D eigenvalue weighted by Gasteiger charge is -2.37. The number of rotatable bonds is 3. The zero-order valence-electron chi connectivity index (χ0n) is 10.9. The molecule has 0 aliphatic carbocycles. The van der Waals surface area contributed by atoms with E-state index in [1.807, 2.05) is 7.05 Å². The van der Waals surface area contributed by atoms with Gasteiger partial charge in [0.05, 0.1) is 13.2 Å².